The molecular weight excluding hydrogens is 152 g/mol. The number of hydrogen-bond donors (Lipinski definition) is 0. The molecule has 0 aromatic rings. The number of hydrogen-bond acceptors (Lipinski definition) is 2. The second-order valence-corrected chi connectivity index (χ2v) is 3.15. The summed E-state index contributed by atoms with van der Waals surface area (Å²) in [5, 5.41) is 3.55. The van der Waals surface area contributed by atoms with E-state index in [-0.39, 0.29) is 12.5 Å². The van der Waals surface area contributed by atoms with Crippen LogP contribution in [0.3, 0.4) is 0 Å². The first-order chi connectivity index (χ1) is 5.11. The van der Waals surface area contributed by atoms with Gasteiger partial charge in [-0.25, -0.2) is 8.78 Å². The van der Waals surface area contributed by atoms with Gasteiger partial charge in [-0.2, -0.15) is 0 Å². The predicted octanol–water partition coefficient (Wildman–Crippen LogP) is 1.81. The molecular formula is C7H9F2NO. The third kappa shape index (κ3) is 0.847. The van der Waals surface area contributed by atoms with Crippen LogP contribution in [0.5, 0.6) is 0 Å². The Bertz CT molecular complexity index is 214. The van der Waals surface area contributed by atoms with Gasteiger partial charge in [0.25, 0.3) is 5.92 Å². The second-order valence-electron chi connectivity index (χ2n) is 3.15. The molecule has 0 spiro atoms. The highest BCUT2D eigenvalue weighted by molar-refractivity contribution is 5.86. The smallest absolute Gasteiger partial charge is 0.260 e. The summed E-state index contributed by atoms with van der Waals surface area (Å²) in [7, 11) is 0. The Balaban J connectivity index is 2.28. The Morgan fingerprint density at radius 1 is 1.64 bits per heavy atom. The summed E-state index contributed by atoms with van der Waals surface area (Å²) in [4.78, 5) is 4.83. The average Bonchev–Trinajstić information content (AvgIpc) is 2.38. The first-order valence-corrected chi connectivity index (χ1v) is 3.69. The van der Waals surface area contributed by atoms with Gasteiger partial charge in [0.15, 0.2) is 0 Å². The van der Waals surface area contributed by atoms with Crippen LogP contribution in [-0.2, 0) is 4.84 Å². The summed E-state index contributed by atoms with van der Waals surface area (Å²) in [6.07, 6.45) is 0.0123. The van der Waals surface area contributed by atoms with Crippen molar-refractivity contribution in [3.63, 3.8) is 0 Å². The normalized spacial score (nSPS) is 39.7. The monoisotopic (exact) mass is 161 g/mol. The van der Waals surface area contributed by atoms with Crippen LogP contribution in [0.4, 0.5) is 8.78 Å². The summed E-state index contributed by atoms with van der Waals surface area (Å²) >= 11 is 0. The van der Waals surface area contributed by atoms with E-state index in [4.69, 9.17) is 4.84 Å². The lowest BCUT2D eigenvalue weighted by Crippen LogP contribution is -2.30. The average molecular weight is 161 g/mol. The van der Waals surface area contributed by atoms with Crippen molar-refractivity contribution < 1.29 is 13.6 Å². The third-order valence-electron chi connectivity index (χ3n) is 2.37. The van der Waals surface area contributed by atoms with Gasteiger partial charge in [0, 0.05) is 6.42 Å². The fourth-order valence-electron chi connectivity index (χ4n) is 1.82. The lowest BCUT2D eigenvalue weighted by molar-refractivity contribution is -0.0325. The van der Waals surface area contributed by atoms with Crippen molar-refractivity contribution in [2.45, 2.75) is 31.8 Å². The molecule has 1 saturated carbocycles. The summed E-state index contributed by atoms with van der Waals surface area (Å²) in [6.45, 7) is 1.60. The van der Waals surface area contributed by atoms with Crippen LogP contribution < -0.4 is 0 Å². The molecule has 0 N–H and O–H groups in total. The van der Waals surface area contributed by atoms with Gasteiger partial charge in [0.05, 0.1) is 5.71 Å². The largest absolute Gasteiger partial charge is 0.392 e. The zero-order valence-corrected chi connectivity index (χ0v) is 6.18. The van der Waals surface area contributed by atoms with E-state index in [2.05, 4.69) is 5.16 Å². The van der Waals surface area contributed by atoms with E-state index in [9.17, 15) is 8.78 Å². The molecule has 0 aromatic carbocycles. The van der Waals surface area contributed by atoms with Gasteiger partial charge >= 0.3 is 0 Å². The number of oxime groups is 1. The van der Waals surface area contributed by atoms with E-state index >= 15 is 0 Å². The molecule has 1 heterocycles. The molecule has 0 bridgehead atoms. The van der Waals surface area contributed by atoms with E-state index in [0.717, 1.165) is 0 Å². The highest BCUT2D eigenvalue weighted by atomic mass is 19.3. The van der Waals surface area contributed by atoms with Gasteiger partial charge in [0.2, 0.25) is 0 Å². The first-order valence-electron chi connectivity index (χ1n) is 3.69. The molecule has 0 saturated heterocycles. The van der Waals surface area contributed by atoms with Crippen LogP contribution in [0.15, 0.2) is 5.16 Å². The molecule has 1 aliphatic heterocycles. The molecule has 2 rings (SSSR count). The Kier molecular flexibility index (Phi) is 1.23. The van der Waals surface area contributed by atoms with E-state index < -0.39 is 11.8 Å². The molecule has 0 aromatic heterocycles. The zero-order chi connectivity index (χ0) is 8.06. The lowest BCUT2D eigenvalue weighted by atomic mass is 9.99. The summed E-state index contributed by atoms with van der Waals surface area (Å²) < 4.78 is 26.0. The predicted molar refractivity (Wildman–Crippen MR) is 35.7 cm³/mol. The van der Waals surface area contributed by atoms with Gasteiger partial charge in [-0.15, -0.1) is 0 Å². The van der Waals surface area contributed by atoms with Gasteiger partial charge < -0.3 is 4.84 Å². The molecule has 0 amide bonds. The van der Waals surface area contributed by atoms with Crippen LogP contribution in [0.25, 0.3) is 0 Å². The van der Waals surface area contributed by atoms with Crippen molar-refractivity contribution in [2.75, 3.05) is 0 Å². The molecule has 4 heteroatoms. The fourth-order valence-corrected chi connectivity index (χ4v) is 1.82. The number of fused-ring (bicyclic) bond motifs is 1. The van der Waals surface area contributed by atoms with Gasteiger partial charge in [0.1, 0.15) is 12.0 Å². The van der Waals surface area contributed by atoms with Crippen LogP contribution in [0.1, 0.15) is 19.8 Å². The van der Waals surface area contributed by atoms with Gasteiger partial charge in [-0.05, 0) is 13.3 Å². The number of rotatable bonds is 0. The standard InChI is InChI=1S/C7H9F2NO/c1-4-6-5(11-10-4)2-3-7(6,8)9/h5-6H,2-3H2,1H3. The number of halogens is 2. The Morgan fingerprint density at radius 3 is 3.00 bits per heavy atom. The zero-order valence-electron chi connectivity index (χ0n) is 6.18. The molecule has 2 unspecified atom stereocenters. The van der Waals surface area contributed by atoms with Crippen molar-refractivity contribution in [1.82, 2.24) is 0 Å². The van der Waals surface area contributed by atoms with E-state index in [1.54, 1.807) is 6.92 Å². The minimum Gasteiger partial charge on any atom is -0.392 e. The molecule has 1 fully saturated rings. The number of nitrogens with zero attached hydrogens (tertiary/aromatic N) is 1. The van der Waals surface area contributed by atoms with E-state index in [0.29, 0.717) is 12.1 Å². The van der Waals surface area contributed by atoms with Crippen molar-refractivity contribution in [3.05, 3.63) is 0 Å². The van der Waals surface area contributed by atoms with Crippen LogP contribution in [0.2, 0.25) is 0 Å². The lowest BCUT2D eigenvalue weighted by Gasteiger charge is -2.15. The SMILES string of the molecule is CC1=NOC2CCC(F)(F)C12. The third-order valence-corrected chi connectivity index (χ3v) is 2.37. The number of alkyl halides is 2. The maximum atomic E-state index is 13.0. The van der Waals surface area contributed by atoms with Crippen molar-refractivity contribution >= 4 is 5.71 Å². The quantitative estimate of drug-likeness (QED) is 0.531. The van der Waals surface area contributed by atoms with Gasteiger partial charge in [-0.3, -0.25) is 0 Å². The maximum Gasteiger partial charge on any atom is 0.260 e. The molecule has 2 atom stereocenters. The van der Waals surface area contributed by atoms with Crippen LogP contribution in [-0.4, -0.2) is 17.7 Å². The van der Waals surface area contributed by atoms with Crippen LogP contribution >= 0.6 is 0 Å². The molecule has 2 nitrogen and oxygen atoms in total. The topological polar surface area (TPSA) is 21.6 Å². The highest BCUT2D eigenvalue weighted by Gasteiger charge is 2.55. The second kappa shape index (κ2) is 1.93. The van der Waals surface area contributed by atoms with Crippen molar-refractivity contribution in [1.29, 1.82) is 0 Å². The Labute approximate surface area is 63.2 Å². The van der Waals surface area contributed by atoms with E-state index in [1.165, 1.54) is 0 Å². The maximum absolute atomic E-state index is 13.0. The van der Waals surface area contributed by atoms with Crippen LogP contribution in [0, 0.1) is 5.92 Å². The minimum absolute atomic E-state index is 0.0603. The molecule has 0 radical (unpaired) electrons. The Hall–Kier alpha value is -0.670. The fraction of sp³-hybridized carbons (Fsp3) is 0.857. The van der Waals surface area contributed by atoms with Crippen molar-refractivity contribution in [2.24, 2.45) is 11.1 Å². The van der Waals surface area contributed by atoms with E-state index in [1.807, 2.05) is 0 Å². The molecule has 11 heavy (non-hydrogen) atoms. The molecule has 62 valence electrons. The minimum atomic E-state index is -2.59. The van der Waals surface area contributed by atoms with Gasteiger partial charge in [-0.1, -0.05) is 5.16 Å². The molecule has 1 aliphatic carbocycles. The summed E-state index contributed by atoms with van der Waals surface area (Å²) in [5.74, 6) is -3.34. The highest BCUT2D eigenvalue weighted by Crippen LogP contribution is 2.45. The summed E-state index contributed by atoms with van der Waals surface area (Å²) in [5.41, 5.74) is 0.442. The summed E-state index contributed by atoms with van der Waals surface area (Å²) in [6, 6.07) is 0. The first kappa shape index (κ1) is 7.00. The molecule has 2 aliphatic rings. The van der Waals surface area contributed by atoms with Crippen molar-refractivity contribution in [3.8, 4) is 0 Å². The Morgan fingerprint density at radius 2 is 2.36 bits per heavy atom.